The van der Waals surface area contributed by atoms with E-state index in [-0.39, 0.29) is 0 Å². The van der Waals surface area contributed by atoms with E-state index in [2.05, 4.69) is 118 Å². The minimum absolute atomic E-state index is 0.531. The van der Waals surface area contributed by atoms with E-state index in [1.165, 1.54) is 0 Å². The summed E-state index contributed by atoms with van der Waals surface area (Å²) in [4.78, 5) is 10.4. The summed E-state index contributed by atoms with van der Waals surface area (Å²) < 4.78 is 4.26. The van der Waals surface area contributed by atoms with E-state index in [9.17, 15) is 15.8 Å². The normalized spacial score (nSPS) is 11.2. The van der Waals surface area contributed by atoms with Gasteiger partial charge in [-0.15, -0.1) is 0 Å². The molecule has 0 unspecified atom stereocenters. The lowest BCUT2D eigenvalue weighted by Crippen LogP contribution is -2.05. The van der Waals surface area contributed by atoms with Crippen LogP contribution in [0, 0.1) is 34.0 Å². The molecule has 0 saturated heterocycles. The molecule has 0 radical (unpaired) electrons. The number of aromatic nitrogens is 4. The third kappa shape index (κ3) is 5.72. The first-order valence-corrected chi connectivity index (χ1v) is 20.2. The van der Waals surface area contributed by atoms with E-state index >= 15 is 0 Å². The number of nitrogens with zero attached hydrogens (tertiary/aromatic N) is 7. The average molecular weight is 790 g/mol. The van der Waals surface area contributed by atoms with Crippen LogP contribution in [-0.4, -0.2) is 19.1 Å². The first kappa shape index (κ1) is 36.0. The maximum Gasteiger partial charge on any atom is 0.146 e. The molecule has 0 atom stereocenters. The molecular formula is C55H31N7. The molecule has 11 rings (SSSR count). The molecular weight excluding hydrogens is 759 g/mol. The lowest BCUT2D eigenvalue weighted by Gasteiger charge is -2.19. The summed E-state index contributed by atoms with van der Waals surface area (Å²) in [7, 11) is 0. The van der Waals surface area contributed by atoms with Gasteiger partial charge in [-0.25, -0.2) is 9.97 Å². The Morgan fingerprint density at radius 1 is 0.371 bits per heavy atom. The van der Waals surface area contributed by atoms with Crippen LogP contribution in [-0.2, 0) is 0 Å². The molecule has 0 spiro atoms. The number of rotatable bonds is 6. The Labute approximate surface area is 356 Å². The fourth-order valence-corrected chi connectivity index (χ4v) is 9.01. The van der Waals surface area contributed by atoms with Crippen molar-refractivity contribution >= 4 is 43.7 Å². The van der Waals surface area contributed by atoms with Crippen LogP contribution in [0.3, 0.4) is 0 Å². The zero-order valence-electron chi connectivity index (χ0n) is 33.0. The van der Waals surface area contributed by atoms with Gasteiger partial charge in [-0.2, -0.15) is 15.8 Å². The third-order valence-corrected chi connectivity index (χ3v) is 11.7. The van der Waals surface area contributed by atoms with Crippen molar-refractivity contribution in [2.24, 2.45) is 0 Å². The Morgan fingerprint density at radius 3 is 1.44 bits per heavy atom. The second-order valence-corrected chi connectivity index (χ2v) is 15.1. The molecule has 0 aliphatic carbocycles. The molecule has 0 fully saturated rings. The number of hydrogen-bond acceptors (Lipinski definition) is 5. The standard InChI is InChI=1S/C55H31N7/c56-32-35-23-25-51-48(28-35)49-29-36(33-57)24-26-52(49)61(51)53-30-38(31-54(60-53)62-50-22-10-9-20-46(50)47-21-11-27-59-55(47)62)40-14-3-4-16-42(40)44-18-7-8-19-45(44)43-17-6-5-15-41(43)39-13-2-1-12-37(39)34-58/h1-31H. The second-order valence-electron chi connectivity index (χ2n) is 15.1. The van der Waals surface area contributed by atoms with E-state index < -0.39 is 0 Å². The quantitative estimate of drug-likeness (QED) is 0.167. The summed E-state index contributed by atoms with van der Waals surface area (Å²) in [6.07, 6.45) is 1.81. The predicted octanol–water partition coefficient (Wildman–Crippen LogP) is 13.0. The summed E-state index contributed by atoms with van der Waals surface area (Å²) in [6.45, 7) is 0. The molecule has 286 valence electrons. The smallest absolute Gasteiger partial charge is 0.146 e. The predicted molar refractivity (Wildman–Crippen MR) is 247 cm³/mol. The molecule has 0 aliphatic heterocycles. The van der Waals surface area contributed by atoms with Crippen molar-refractivity contribution in [3.05, 3.63) is 205 Å². The Morgan fingerprint density at radius 2 is 0.839 bits per heavy atom. The Kier molecular flexibility index (Phi) is 8.50. The Bertz CT molecular complexity index is 3630. The monoisotopic (exact) mass is 789 g/mol. The number of benzene rings is 7. The minimum Gasteiger partial charge on any atom is -0.294 e. The van der Waals surface area contributed by atoms with E-state index in [1.807, 2.05) is 97.2 Å². The van der Waals surface area contributed by atoms with E-state index in [0.29, 0.717) is 28.3 Å². The summed E-state index contributed by atoms with van der Waals surface area (Å²) in [5.74, 6) is 1.34. The van der Waals surface area contributed by atoms with Crippen molar-refractivity contribution in [1.82, 2.24) is 19.1 Å². The van der Waals surface area contributed by atoms with Crippen LogP contribution in [0.4, 0.5) is 0 Å². The van der Waals surface area contributed by atoms with E-state index in [0.717, 1.165) is 88.2 Å². The van der Waals surface area contributed by atoms with Gasteiger partial charge in [-0.1, -0.05) is 109 Å². The molecule has 4 heterocycles. The fourth-order valence-electron chi connectivity index (χ4n) is 9.01. The van der Waals surface area contributed by atoms with Crippen LogP contribution >= 0.6 is 0 Å². The number of para-hydroxylation sites is 1. The fraction of sp³-hybridized carbons (Fsp3) is 0. The van der Waals surface area contributed by atoms with Gasteiger partial charge < -0.3 is 0 Å². The van der Waals surface area contributed by atoms with Crippen molar-refractivity contribution in [2.75, 3.05) is 0 Å². The first-order chi connectivity index (χ1) is 30.6. The number of pyridine rings is 2. The SMILES string of the molecule is N#Cc1ccc2c(c1)c1cc(C#N)ccc1n2-c1cc(-c2ccccc2-c2ccccc2-c2ccccc2-c2ccccc2C#N)cc(-n2c3ccccc3c3cccnc32)n1. The number of nitriles is 3. The highest BCUT2D eigenvalue weighted by Gasteiger charge is 2.22. The van der Waals surface area contributed by atoms with Crippen LogP contribution in [0.5, 0.6) is 0 Å². The van der Waals surface area contributed by atoms with E-state index in [4.69, 9.17) is 9.97 Å². The van der Waals surface area contributed by atoms with Crippen molar-refractivity contribution in [3.63, 3.8) is 0 Å². The van der Waals surface area contributed by atoms with Crippen molar-refractivity contribution < 1.29 is 0 Å². The maximum absolute atomic E-state index is 10.1. The van der Waals surface area contributed by atoms with Crippen molar-refractivity contribution in [1.29, 1.82) is 15.8 Å². The van der Waals surface area contributed by atoms with Gasteiger partial charge in [0.1, 0.15) is 17.3 Å². The van der Waals surface area contributed by atoms with Crippen LogP contribution in [0.25, 0.3) is 99.9 Å². The highest BCUT2D eigenvalue weighted by molar-refractivity contribution is 6.11. The molecule has 11 aromatic rings. The van der Waals surface area contributed by atoms with Crippen LogP contribution < -0.4 is 0 Å². The summed E-state index contributed by atoms with van der Waals surface area (Å²) >= 11 is 0. The van der Waals surface area contributed by atoms with Gasteiger partial charge in [-0.3, -0.25) is 9.13 Å². The lowest BCUT2D eigenvalue weighted by atomic mass is 9.86. The Hall–Kier alpha value is -9.09. The molecule has 7 aromatic carbocycles. The third-order valence-electron chi connectivity index (χ3n) is 11.7. The van der Waals surface area contributed by atoms with Crippen molar-refractivity contribution in [3.8, 4) is 74.4 Å². The van der Waals surface area contributed by atoms with Gasteiger partial charge in [0.2, 0.25) is 0 Å². The summed E-state index contributed by atoms with van der Waals surface area (Å²) in [5, 5.41) is 33.8. The van der Waals surface area contributed by atoms with Crippen molar-refractivity contribution in [2.45, 2.75) is 0 Å². The van der Waals surface area contributed by atoms with Crippen LogP contribution in [0.15, 0.2) is 188 Å². The first-order valence-electron chi connectivity index (χ1n) is 20.2. The zero-order chi connectivity index (χ0) is 41.7. The molecule has 7 heteroatoms. The second kappa shape index (κ2) is 14.6. The van der Waals surface area contributed by atoms with Crippen LogP contribution in [0.2, 0.25) is 0 Å². The lowest BCUT2D eigenvalue weighted by molar-refractivity contribution is 1.00. The summed E-state index contributed by atoms with van der Waals surface area (Å²) in [6, 6.07) is 67.8. The van der Waals surface area contributed by atoms with Crippen LogP contribution in [0.1, 0.15) is 16.7 Å². The molecule has 7 nitrogen and oxygen atoms in total. The molecule has 62 heavy (non-hydrogen) atoms. The average Bonchev–Trinajstić information content (AvgIpc) is 3.86. The van der Waals surface area contributed by atoms with Gasteiger partial charge in [-0.05, 0) is 112 Å². The molecule has 4 aromatic heterocycles. The van der Waals surface area contributed by atoms with Gasteiger partial charge in [0, 0.05) is 33.3 Å². The number of fused-ring (bicyclic) bond motifs is 6. The molecule has 0 N–H and O–H groups in total. The zero-order valence-corrected chi connectivity index (χ0v) is 33.0. The molecule has 0 saturated carbocycles. The topological polar surface area (TPSA) is 107 Å². The maximum atomic E-state index is 10.1. The van der Waals surface area contributed by atoms with Gasteiger partial charge in [0.15, 0.2) is 0 Å². The van der Waals surface area contributed by atoms with Gasteiger partial charge >= 0.3 is 0 Å². The summed E-state index contributed by atoms with van der Waals surface area (Å²) in [5.41, 5.74) is 13.1. The highest BCUT2D eigenvalue weighted by Crippen LogP contribution is 2.43. The molecule has 0 amide bonds. The van der Waals surface area contributed by atoms with E-state index in [1.54, 1.807) is 0 Å². The highest BCUT2D eigenvalue weighted by atomic mass is 15.2. The van der Waals surface area contributed by atoms with Gasteiger partial charge in [0.25, 0.3) is 0 Å². The largest absolute Gasteiger partial charge is 0.294 e. The number of hydrogen-bond donors (Lipinski definition) is 0. The minimum atomic E-state index is 0.531. The van der Waals surface area contributed by atoms with Gasteiger partial charge in [0.05, 0.1) is 51.4 Å². The Balaban J connectivity index is 1.21. The molecule has 0 bridgehead atoms. The molecule has 0 aliphatic rings.